The van der Waals surface area contributed by atoms with Crippen LogP contribution >= 0.6 is 0 Å². The van der Waals surface area contributed by atoms with Gasteiger partial charge in [-0.25, -0.2) is 4.98 Å². The molecule has 6 nitrogen and oxygen atoms in total. The maximum atomic E-state index is 5.97. The third-order valence-electron chi connectivity index (χ3n) is 4.46. The molecule has 0 amide bonds. The zero-order valence-corrected chi connectivity index (χ0v) is 14.1. The third kappa shape index (κ3) is 4.15. The van der Waals surface area contributed by atoms with Crippen LogP contribution in [0.3, 0.4) is 0 Å². The molecule has 0 saturated carbocycles. The number of ether oxygens (including phenoxy) is 1. The molecule has 1 aliphatic heterocycles. The summed E-state index contributed by atoms with van der Waals surface area (Å²) in [7, 11) is 0. The molecule has 4 heterocycles. The van der Waals surface area contributed by atoms with Gasteiger partial charge in [-0.3, -0.25) is 9.88 Å². The fourth-order valence-electron chi connectivity index (χ4n) is 3.31. The quantitative estimate of drug-likeness (QED) is 0.692. The van der Waals surface area contributed by atoms with Crippen molar-refractivity contribution in [2.24, 2.45) is 5.92 Å². The maximum Gasteiger partial charge on any atom is 0.117 e. The first-order valence-electron chi connectivity index (χ1n) is 8.57. The van der Waals surface area contributed by atoms with Gasteiger partial charge in [0.25, 0.3) is 0 Å². The normalized spacial score (nSPS) is 18.0. The summed E-state index contributed by atoms with van der Waals surface area (Å²) in [5, 5.41) is 0. The lowest BCUT2D eigenvalue weighted by atomic mass is 10.1. The van der Waals surface area contributed by atoms with E-state index in [1.807, 2.05) is 43.0 Å². The molecular weight excluding hydrogens is 316 g/mol. The van der Waals surface area contributed by atoms with E-state index in [-0.39, 0.29) is 0 Å². The Labute approximate surface area is 147 Å². The van der Waals surface area contributed by atoms with Gasteiger partial charge in [0.1, 0.15) is 5.76 Å². The van der Waals surface area contributed by atoms with Crippen LogP contribution < -0.4 is 0 Å². The summed E-state index contributed by atoms with van der Waals surface area (Å²) in [5.74, 6) is 1.39. The zero-order chi connectivity index (χ0) is 16.9. The van der Waals surface area contributed by atoms with Crippen LogP contribution in [0.5, 0.6) is 0 Å². The molecule has 0 fully saturated rings. The van der Waals surface area contributed by atoms with E-state index < -0.39 is 0 Å². The summed E-state index contributed by atoms with van der Waals surface area (Å²) in [5.41, 5.74) is 2.34. The molecule has 6 heteroatoms. The SMILES string of the molecule is c1cncc(COCC2CN(Cc3ccco3)Cc3cncn3C2)c1. The minimum atomic E-state index is 0.405. The molecule has 0 spiro atoms. The van der Waals surface area contributed by atoms with E-state index in [0.29, 0.717) is 19.1 Å². The van der Waals surface area contributed by atoms with Gasteiger partial charge in [0.05, 0.1) is 38.0 Å². The third-order valence-corrected chi connectivity index (χ3v) is 4.46. The van der Waals surface area contributed by atoms with Gasteiger partial charge in [-0.15, -0.1) is 0 Å². The Morgan fingerprint density at radius 3 is 3.00 bits per heavy atom. The minimum Gasteiger partial charge on any atom is -0.468 e. The summed E-state index contributed by atoms with van der Waals surface area (Å²) >= 11 is 0. The van der Waals surface area contributed by atoms with Crippen LogP contribution in [0.2, 0.25) is 0 Å². The van der Waals surface area contributed by atoms with Crippen LogP contribution in [-0.4, -0.2) is 32.6 Å². The Morgan fingerprint density at radius 2 is 2.16 bits per heavy atom. The molecule has 0 radical (unpaired) electrons. The number of aromatic nitrogens is 3. The van der Waals surface area contributed by atoms with Gasteiger partial charge >= 0.3 is 0 Å². The van der Waals surface area contributed by atoms with E-state index in [1.165, 1.54) is 5.69 Å². The van der Waals surface area contributed by atoms with E-state index in [1.54, 1.807) is 12.5 Å². The predicted octanol–water partition coefficient (Wildman–Crippen LogP) is 2.72. The first-order chi connectivity index (χ1) is 12.4. The lowest BCUT2D eigenvalue weighted by Gasteiger charge is -2.23. The molecule has 1 aliphatic rings. The monoisotopic (exact) mass is 338 g/mol. The highest BCUT2D eigenvalue weighted by Gasteiger charge is 2.22. The van der Waals surface area contributed by atoms with E-state index >= 15 is 0 Å². The largest absolute Gasteiger partial charge is 0.468 e. The number of pyridine rings is 1. The minimum absolute atomic E-state index is 0.405. The van der Waals surface area contributed by atoms with Crippen molar-refractivity contribution < 1.29 is 9.15 Å². The van der Waals surface area contributed by atoms with Gasteiger partial charge in [0.15, 0.2) is 0 Å². The lowest BCUT2D eigenvalue weighted by Crippen LogP contribution is -2.29. The Hall–Kier alpha value is -2.44. The van der Waals surface area contributed by atoms with Gasteiger partial charge in [-0.1, -0.05) is 6.07 Å². The van der Waals surface area contributed by atoms with Crippen molar-refractivity contribution in [3.8, 4) is 0 Å². The first kappa shape index (κ1) is 16.1. The number of hydrogen-bond donors (Lipinski definition) is 0. The maximum absolute atomic E-state index is 5.97. The number of rotatable bonds is 6. The van der Waals surface area contributed by atoms with Crippen LogP contribution in [0, 0.1) is 5.92 Å². The van der Waals surface area contributed by atoms with Crippen molar-refractivity contribution in [1.82, 2.24) is 19.4 Å². The van der Waals surface area contributed by atoms with Crippen molar-refractivity contribution in [3.05, 3.63) is 72.5 Å². The number of imidazole rings is 1. The number of nitrogens with zero attached hydrogens (tertiary/aromatic N) is 4. The summed E-state index contributed by atoms with van der Waals surface area (Å²) in [4.78, 5) is 10.8. The average molecular weight is 338 g/mol. The molecule has 25 heavy (non-hydrogen) atoms. The summed E-state index contributed by atoms with van der Waals surface area (Å²) in [6.45, 7) is 4.88. The highest BCUT2D eigenvalue weighted by Crippen LogP contribution is 2.19. The van der Waals surface area contributed by atoms with E-state index in [0.717, 1.165) is 37.5 Å². The van der Waals surface area contributed by atoms with Gasteiger partial charge in [-0.2, -0.15) is 0 Å². The van der Waals surface area contributed by atoms with Crippen LogP contribution in [0.15, 0.2) is 59.9 Å². The van der Waals surface area contributed by atoms with Gasteiger partial charge in [0, 0.05) is 44.1 Å². The summed E-state index contributed by atoms with van der Waals surface area (Å²) in [6.07, 6.45) is 9.23. The highest BCUT2D eigenvalue weighted by molar-refractivity contribution is 5.07. The van der Waals surface area contributed by atoms with Crippen LogP contribution in [0.4, 0.5) is 0 Å². The second-order valence-electron chi connectivity index (χ2n) is 6.53. The molecule has 1 atom stereocenters. The standard InChI is InChI=1S/C19H22N4O2/c1-3-16(7-20-5-1)13-24-14-17-9-22(12-19-4-2-6-25-19)11-18-8-21-15-23(18)10-17/h1-8,15,17H,9-14H2. The van der Waals surface area contributed by atoms with Crippen molar-refractivity contribution in [2.45, 2.75) is 26.2 Å². The van der Waals surface area contributed by atoms with Crippen molar-refractivity contribution in [1.29, 1.82) is 0 Å². The zero-order valence-electron chi connectivity index (χ0n) is 14.1. The molecule has 3 aromatic heterocycles. The van der Waals surface area contributed by atoms with Crippen LogP contribution in [0.25, 0.3) is 0 Å². The molecule has 0 aromatic carbocycles. The van der Waals surface area contributed by atoms with Crippen molar-refractivity contribution in [2.75, 3.05) is 13.2 Å². The molecule has 130 valence electrons. The predicted molar refractivity (Wildman–Crippen MR) is 92.4 cm³/mol. The van der Waals surface area contributed by atoms with Crippen LogP contribution in [-0.2, 0) is 31.0 Å². The number of hydrogen-bond acceptors (Lipinski definition) is 5. The Balaban J connectivity index is 1.40. The molecule has 4 rings (SSSR count). The fourth-order valence-corrected chi connectivity index (χ4v) is 3.31. The van der Waals surface area contributed by atoms with E-state index in [9.17, 15) is 0 Å². The first-order valence-corrected chi connectivity index (χ1v) is 8.57. The smallest absolute Gasteiger partial charge is 0.117 e. The topological polar surface area (TPSA) is 56.3 Å². The Morgan fingerprint density at radius 1 is 1.16 bits per heavy atom. The number of fused-ring (bicyclic) bond motifs is 1. The lowest BCUT2D eigenvalue weighted by molar-refractivity contribution is 0.0652. The second-order valence-corrected chi connectivity index (χ2v) is 6.53. The fraction of sp³-hybridized carbons (Fsp3) is 0.368. The molecule has 0 saturated heterocycles. The number of furan rings is 1. The Bertz CT molecular complexity index is 770. The van der Waals surface area contributed by atoms with Gasteiger partial charge < -0.3 is 13.7 Å². The molecule has 0 aliphatic carbocycles. The summed E-state index contributed by atoms with van der Waals surface area (Å²) < 4.78 is 13.7. The van der Waals surface area contributed by atoms with E-state index in [4.69, 9.17) is 9.15 Å². The van der Waals surface area contributed by atoms with Crippen molar-refractivity contribution >= 4 is 0 Å². The van der Waals surface area contributed by atoms with Crippen molar-refractivity contribution in [3.63, 3.8) is 0 Å². The van der Waals surface area contributed by atoms with Crippen LogP contribution in [0.1, 0.15) is 17.0 Å². The Kier molecular flexibility index (Phi) is 4.90. The summed E-state index contributed by atoms with van der Waals surface area (Å²) in [6, 6.07) is 7.94. The average Bonchev–Trinajstić information content (AvgIpc) is 3.25. The molecular formula is C19H22N4O2. The molecule has 0 N–H and O–H groups in total. The van der Waals surface area contributed by atoms with Gasteiger partial charge in [0.2, 0.25) is 0 Å². The van der Waals surface area contributed by atoms with E-state index in [2.05, 4.69) is 19.4 Å². The molecule has 3 aromatic rings. The second kappa shape index (κ2) is 7.63. The molecule has 0 bridgehead atoms. The highest BCUT2D eigenvalue weighted by atomic mass is 16.5. The van der Waals surface area contributed by atoms with Gasteiger partial charge in [-0.05, 0) is 23.8 Å². The molecule has 1 unspecified atom stereocenters.